The van der Waals surface area contributed by atoms with E-state index in [2.05, 4.69) is 14.6 Å². The van der Waals surface area contributed by atoms with Crippen molar-refractivity contribution in [2.75, 3.05) is 78.5 Å². The number of benzene rings is 2. The smallest absolute Gasteiger partial charge is 0.305 e. The predicted octanol–water partition coefficient (Wildman–Crippen LogP) is 4.87. The minimum absolute atomic E-state index is 0.0305. The van der Waals surface area contributed by atoms with Crippen molar-refractivity contribution in [2.24, 2.45) is 23.7 Å². The van der Waals surface area contributed by atoms with Gasteiger partial charge in [-0.2, -0.15) is 0 Å². The number of halogens is 1. The molecule has 10 nitrogen and oxygen atoms in total. The summed E-state index contributed by atoms with van der Waals surface area (Å²) in [4.78, 5) is 37.6. The number of ether oxygens (including phenoxy) is 1. The van der Waals surface area contributed by atoms with E-state index >= 15 is 0 Å². The summed E-state index contributed by atoms with van der Waals surface area (Å²) in [5.41, 5.74) is 0.861. The Labute approximate surface area is 308 Å². The molecule has 3 heterocycles. The Balaban J connectivity index is 1.01. The van der Waals surface area contributed by atoms with Crippen molar-refractivity contribution < 1.29 is 27.1 Å². The molecule has 0 aromatic heterocycles. The zero-order chi connectivity index (χ0) is 37.0. The molecule has 52 heavy (non-hydrogen) atoms. The van der Waals surface area contributed by atoms with Crippen molar-refractivity contribution in [3.63, 3.8) is 0 Å². The summed E-state index contributed by atoms with van der Waals surface area (Å²) >= 11 is 0. The summed E-state index contributed by atoms with van der Waals surface area (Å²) < 4.78 is 46.1. The van der Waals surface area contributed by atoms with Crippen LogP contribution >= 0.6 is 0 Å². The monoisotopic (exact) mass is 733 g/mol. The van der Waals surface area contributed by atoms with E-state index in [-0.39, 0.29) is 48.5 Å². The first-order chi connectivity index (χ1) is 24.9. The van der Waals surface area contributed by atoms with Crippen LogP contribution in [-0.4, -0.2) is 114 Å². The Bertz CT molecular complexity index is 1760. The number of anilines is 1. The first-order valence-electron chi connectivity index (χ1n) is 18.6. The lowest BCUT2D eigenvalue weighted by Crippen LogP contribution is -2.56. The number of piperidine rings is 1. The van der Waals surface area contributed by atoms with E-state index in [1.54, 1.807) is 35.2 Å². The van der Waals surface area contributed by atoms with Crippen molar-refractivity contribution in [1.82, 2.24) is 14.7 Å². The van der Waals surface area contributed by atoms with Gasteiger partial charge in [-0.1, -0.05) is 24.6 Å². The number of amides is 1. The lowest BCUT2D eigenvalue weighted by atomic mass is 9.63. The average molecular weight is 734 g/mol. The summed E-state index contributed by atoms with van der Waals surface area (Å²) in [6.45, 7) is 14.1. The third-order valence-corrected chi connectivity index (χ3v) is 14.0. The van der Waals surface area contributed by atoms with Crippen LogP contribution in [0.4, 0.5) is 10.1 Å². The van der Waals surface area contributed by atoms with Crippen molar-refractivity contribution >= 4 is 27.4 Å². The summed E-state index contributed by atoms with van der Waals surface area (Å²) in [5, 5.41) is -0.588. The number of carbonyl (C=O) groups is 2. The number of rotatable bonds is 13. The fourth-order valence-corrected chi connectivity index (χ4v) is 10.7. The van der Waals surface area contributed by atoms with Gasteiger partial charge in [-0.25, -0.2) is 19.4 Å². The predicted molar refractivity (Wildman–Crippen MR) is 199 cm³/mol. The van der Waals surface area contributed by atoms with Crippen LogP contribution in [0.1, 0.15) is 44.1 Å². The Morgan fingerprint density at radius 2 is 1.75 bits per heavy atom. The zero-order valence-corrected chi connectivity index (χ0v) is 31.4. The first-order valence-corrected chi connectivity index (χ1v) is 20.1. The van der Waals surface area contributed by atoms with Gasteiger partial charge >= 0.3 is 5.97 Å². The number of nitrogens with zero attached hydrogens (tertiary/aromatic N) is 5. The van der Waals surface area contributed by atoms with Gasteiger partial charge in [-0.15, -0.1) is 0 Å². The van der Waals surface area contributed by atoms with Gasteiger partial charge in [0.2, 0.25) is 5.91 Å². The summed E-state index contributed by atoms with van der Waals surface area (Å²) in [5.74, 6) is -0.186. The molecular formula is C40H52FN5O5S. The van der Waals surface area contributed by atoms with Crippen LogP contribution in [0.25, 0.3) is 4.85 Å². The molecule has 6 rings (SSSR count). The lowest BCUT2D eigenvalue weighted by molar-refractivity contribution is -0.142. The fourth-order valence-electron chi connectivity index (χ4n) is 9.03. The molecule has 1 amide bonds. The van der Waals surface area contributed by atoms with E-state index in [0.29, 0.717) is 23.8 Å². The molecule has 12 heteroatoms. The first kappa shape index (κ1) is 38.0. The summed E-state index contributed by atoms with van der Waals surface area (Å²) in [6, 6.07) is 13.7. The molecule has 3 aliphatic heterocycles. The molecule has 3 atom stereocenters. The number of hydrogen-bond donors (Lipinski definition) is 0. The highest BCUT2D eigenvalue weighted by Crippen LogP contribution is 2.54. The molecule has 1 saturated carbocycles. The van der Waals surface area contributed by atoms with Crippen LogP contribution in [0.2, 0.25) is 0 Å². The minimum atomic E-state index is -3.53. The van der Waals surface area contributed by atoms with Crippen LogP contribution in [0.3, 0.4) is 0 Å². The van der Waals surface area contributed by atoms with E-state index < -0.39 is 20.6 Å². The third-order valence-electron chi connectivity index (χ3n) is 11.9. The highest BCUT2D eigenvalue weighted by molar-refractivity contribution is 7.92. The van der Waals surface area contributed by atoms with Gasteiger partial charge < -0.3 is 29.2 Å². The van der Waals surface area contributed by atoms with E-state index in [0.717, 1.165) is 76.1 Å². The topological polar surface area (TPSA) is 94.8 Å². The normalized spacial score (nSPS) is 23.3. The van der Waals surface area contributed by atoms with E-state index in [1.807, 2.05) is 37.2 Å². The molecule has 4 aliphatic rings. The second-order valence-corrected chi connectivity index (χ2v) is 17.7. The molecule has 2 aromatic rings. The molecule has 0 spiro atoms. The Morgan fingerprint density at radius 3 is 2.38 bits per heavy atom. The van der Waals surface area contributed by atoms with Crippen LogP contribution in [0, 0.1) is 36.1 Å². The molecule has 0 radical (unpaired) electrons. The van der Waals surface area contributed by atoms with Gasteiger partial charge in [-0.05, 0) is 95.2 Å². The van der Waals surface area contributed by atoms with Gasteiger partial charge in [0.25, 0.3) is 5.54 Å². The number of likely N-dealkylation sites (tertiary alicyclic amines) is 2. The Hall–Kier alpha value is -3.79. The molecule has 2 aromatic carbocycles. The number of carbonyl (C=O) groups excluding carboxylic acids is 2. The maximum Gasteiger partial charge on any atom is 0.305 e. The highest BCUT2D eigenvalue weighted by Gasteiger charge is 2.58. The molecule has 4 fully saturated rings. The second-order valence-electron chi connectivity index (χ2n) is 15.4. The van der Waals surface area contributed by atoms with Crippen LogP contribution in [0.15, 0.2) is 65.6 Å². The molecule has 1 aliphatic carbocycles. The maximum atomic E-state index is 14.6. The number of hydrogen-bond acceptors (Lipinski definition) is 8. The van der Waals surface area contributed by atoms with Crippen molar-refractivity contribution in [2.45, 2.75) is 54.2 Å². The average Bonchev–Trinajstić information content (AvgIpc) is 3.54. The quantitative estimate of drug-likeness (QED) is 0.164. The van der Waals surface area contributed by atoms with Crippen molar-refractivity contribution in [3.8, 4) is 0 Å². The zero-order valence-electron chi connectivity index (χ0n) is 30.6. The maximum absolute atomic E-state index is 14.6. The third kappa shape index (κ3) is 7.92. The summed E-state index contributed by atoms with van der Waals surface area (Å²) in [7, 11) is 1.72. The second kappa shape index (κ2) is 16.1. The number of sulfone groups is 1. The lowest BCUT2D eigenvalue weighted by Gasteiger charge is -2.46. The number of likely N-dealkylation sites (N-methyl/N-ethyl adjacent to an activating group) is 1. The SMILES string of the molecule is [C-]#[N+][C@@](c1cccc(F)c1)(C1CCN(CC2CN(c3ccc(S(=O)(=O)C4CN(C(=O)/C=C/CN(C)C)C4)cc3)C2)CC1)[C@H]1CCC[C@@H]1CC(=O)OC. The van der Waals surface area contributed by atoms with Crippen molar-refractivity contribution in [1.29, 1.82) is 0 Å². The van der Waals surface area contributed by atoms with Crippen LogP contribution in [0.5, 0.6) is 0 Å². The number of methoxy groups -OCH3 is 1. The van der Waals surface area contributed by atoms with E-state index in [1.165, 1.54) is 19.3 Å². The molecule has 3 saturated heterocycles. The molecule has 0 unspecified atom stereocenters. The van der Waals surface area contributed by atoms with Gasteiger partial charge in [0.1, 0.15) is 11.1 Å². The Kier molecular flexibility index (Phi) is 11.7. The molecule has 0 N–H and O–H groups in total. The standard InChI is InChI=1S/C40H52FN5O5S/c1-42-40(32-9-6-10-33(41)23-32,37-11-5-8-30(37)22-39(48)51-4)31-17-20-44(21-18-31)24-29-25-45(26-29)34-13-15-35(16-14-34)52(49,50)36-27-46(28-36)38(47)12-7-19-43(2)3/h6-7,9-10,12-16,23,29-31,36-37H,5,8,11,17-22,24-28H2,2-4H3/b12-7+/t30-,37+,40-/m1/s1. The minimum Gasteiger partial charge on any atom is -0.469 e. The largest absolute Gasteiger partial charge is 0.469 e. The molecular weight excluding hydrogens is 682 g/mol. The fraction of sp³-hybridized carbons (Fsp3) is 0.575. The molecule has 280 valence electrons. The molecule has 0 bridgehead atoms. The van der Waals surface area contributed by atoms with Gasteiger partial charge in [0.05, 0.1) is 12.0 Å². The van der Waals surface area contributed by atoms with Crippen molar-refractivity contribution in [3.05, 3.63) is 83.5 Å². The van der Waals surface area contributed by atoms with Crippen LogP contribution in [-0.2, 0) is 29.7 Å². The van der Waals surface area contributed by atoms with Gasteiger partial charge in [0, 0.05) is 80.8 Å². The van der Waals surface area contributed by atoms with E-state index in [9.17, 15) is 22.4 Å². The van der Waals surface area contributed by atoms with Crippen LogP contribution < -0.4 is 4.90 Å². The Morgan fingerprint density at radius 1 is 1.04 bits per heavy atom. The number of esters is 1. The van der Waals surface area contributed by atoms with Gasteiger partial charge in [0.15, 0.2) is 9.84 Å². The highest BCUT2D eigenvalue weighted by atomic mass is 32.2. The summed E-state index contributed by atoms with van der Waals surface area (Å²) in [6.07, 6.45) is 7.94. The van der Waals surface area contributed by atoms with E-state index in [4.69, 9.17) is 11.3 Å². The van der Waals surface area contributed by atoms with Gasteiger partial charge in [-0.3, -0.25) is 9.59 Å².